The van der Waals surface area contributed by atoms with Crippen LogP contribution in [0.2, 0.25) is 0 Å². The Morgan fingerprint density at radius 3 is 2.71 bits per heavy atom. The lowest BCUT2D eigenvalue weighted by Crippen LogP contribution is -2.41. The summed E-state index contributed by atoms with van der Waals surface area (Å²) in [6.07, 6.45) is 3.68. The van der Waals surface area contributed by atoms with Crippen molar-refractivity contribution in [2.45, 2.75) is 38.8 Å². The fourth-order valence-corrected chi connectivity index (χ4v) is 3.54. The van der Waals surface area contributed by atoms with Crippen molar-refractivity contribution in [1.29, 1.82) is 0 Å². The molecule has 0 radical (unpaired) electrons. The van der Waals surface area contributed by atoms with E-state index in [2.05, 4.69) is 28.4 Å². The van der Waals surface area contributed by atoms with E-state index in [0.29, 0.717) is 19.5 Å². The van der Waals surface area contributed by atoms with E-state index in [9.17, 15) is 9.59 Å². The summed E-state index contributed by atoms with van der Waals surface area (Å²) in [5.41, 5.74) is 2.43. The maximum Gasteiger partial charge on any atom is 0.223 e. The average Bonchev–Trinajstić information content (AvgIpc) is 3.08. The highest BCUT2D eigenvalue weighted by Crippen LogP contribution is 2.18. The van der Waals surface area contributed by atoms with Gasteiger partial charge in [0.25, 0.3) is 0 Å². The Morgan fingerprint density at radius 1 is 1.21 bits per heavy atom. The zero-order valence-corrected chi connectivity index (χ0v) is 14.5. The Morgan fingerprint density at radius 2 is 1.96 bits per heavy atom. The van der Waals surface area contributed by atoms with Crippen LogP contribution in [0.15, 0.2) is 24.3 Å². The summed E-state index contributed by atoms with van der Waals surface area (Å²) < 4.78 is 0. The van der Waals surface area contributed by atoms with Crippen LogP contribution in [0, 0.1) is 5.92 Å². The first-order chi connectivity index (χ1) is 11.6. The van der Waals surface area contributed by atoms with Gasteiger partial charge in [0.1, 0.15) is 0 Å². The molecule has 1 aromatic carbocycles. The van der Waals surface area contributed by atoms with Crippen molar-refractivity contribution in [3.05, 3.63) is 35.4 Å². The molecule has 0 aliphatic carbocycles. The van der Waals surface area contributed by atoms with E-state index < -0.39 is 0 Å². The molecule has 24 heavy (non-hydrogen) atoms. The topological polar surface area (TPSA) is 52.7 Å². The summed E-state index contributed by atoms with van der Waals surface area (Å²) in [4.78, 5) is 28.2. The molecule has 1 aromatic rings. The zero-order valence-electron chi connectivity index (χ0n) is 14.5. The van der Waals surface area contributed by atoms with E-state index in [1.54, 1.807) is 11.9 Å². The van der Waals surface area contributed by atoms with E-state index >= 15 is 0 Å². The van der Waals surface area contributed by atoms with Crippen molar-refractivity contribution in [2.75, 3.05) is 26.7 Å². The first-order valence-electron chi connectivity index (χ1n) is 8.93. The molecule has 2 saturated heterocycles. The highest BCUT2D eigenvalue weighted by Gasteiger charge is 2.28. The van der Waals surface area contributed by atoms with Crippen LogP contribution in [-0.2, 0) is 22.7 Å². The summed E-state index contributed by atoms with van der Waals surface area (Å²) in [6.45, 7) is 4.57. The van der Waals surface area contributed by atoms with Crippen LogP contribution in [0.5, 0.6) is 0 Å². The molecule has 0 bridgehead atoms. The van der Waals surface area contributed by atoms with Gasteiger partial charge in [0.05, 0.1) is 0 Å². The van der Waals surface area contributed by atoms with Crippen molar-refractivity contribution < 1.29 is 9.59 Å². The Bertz CT molecular complexity index is 596. The van der Waals surface area contributed by atoms with Crippen molar-refractivity contribution in [1.82, 2.24) is 15.1 Å². The van der Waals surface area contributed by atoms with E-state index in [-0.39, 0.29) is 17.7 Å². The predicted octanol–water partition coefficient (Wildman–Crippen LogP) is 1.77. The van der Waals surface area contributed by atoms with Gasteiger partial charge in [-0.15, -0.1) is 0 Å². The van der Waals surface area contributed by atoms with E-state index in [1.165, 1.54) is 31.5 Å². The molecule has 5 nitrogen and oxygen atoms in total. The van der Waals surface area contributed by atoms with Gasteiger partial charge in [-0.3, -0.25) is 14.5 Å². The van der Waals surface area contributed by atoms with Crippen LogP contribution >= 0.6 is 0 Å². The largest absolute Gasteiger partial charge is 0.352 e. The third-order valence-corrected chi connectivity index (χ3v) is 5.09. The summed E-state index contributed by atoms with van der Waals surface area (Å²) in [5.74, 6) is -0.114. The average molecular weight is 329 g/mol. The predicted molar refractivity (Wildman–Crippen MR) is 93.2 cm³/mol. The Hall–Kier alpha value is -1.88. The molecule has 2 aliphatic rings. The van der Waals surface area contributed by atoms with Gasteiger partial charge in [0.2, 0.25) is 11.8 Å². The van der Waals surface area contributed by atoms with Gasteiger partial charge >= 0.3 is 0 Å². The second-order valence-electron chi connectivity index (χ2n) is 7.03. The third-order valence-electron chi connectivity index (χ3n) is 5.09. The van der Waals surface area contributed by atoms with E-state index in [0.717, 1.165) is 18.5 Å². The number of nitrogens with one attached hydrogen (secondary N) is 1. The molecule has 1 atom stereocenters. The van der Waals surface area contributed by atoms with Crippen LogP contribution in [0.1, 0.15) is 36.8 Å². The molecule has 5 heteroatoms. The van der Waals surface area contributed by atoms with Gasteiger partial charge in [-0.1, -0.05) is 24.3 Å². The first-order valence-corrected chi connectivity index (χ1v) is 8.93. The smallest absolute Gasteiger partial charge is 0.223 e. The van der Waals surface area contributed by atoms with Crippen LogP contribution in [0.4, 0.5) is 0 Å². The molecule has 0 spiro atoms. The summed E-state index contributed by atoms with van der Waals surface area (Å²) in [6, 6.07) is 8.44. The molecule has 2 heterocycles. The molecular weight excluding hydrogens is 302 g/mol. The van der Waals surface area contributed by atoms with E-state index in [4.69, 9.17) is 0 Å². The van der Waals surface area contributed by atoms with Gasteiger partial charge < -0.3 is 10.2 Å². The second-order valence-corrected chi connectivity index (χ2v) is 7.03. The SMILES string of the molecule is CN1CC[C@H](C(=O)NCc2cccc(CN3CCCC3)c2)CC1=O. The zero-order chi connectivity index (χ0) is 16.9. The number of rotatable bonds is 5. The number of carbonyl (C=O) groups excluding carboxylic acids is 2. The van der Waals surface area contributed by atoms with Crippen LogP contribution in [0.3, 0.4) is 0 Å². The number of hydrogen-bond donors (Lipinski definition) is 1. The lowest BCUT2D eigenvalue weighted by atomic mass is 9.95. The quantitative estimate of drug-likeness (QED) is 0.896. The minimum atomic E-state index is -0.179. The molecule has 1 N–H and O–H groups in total. The Labute approximate surface area is 144 Å². The van der Waals surface area contributed by atoms with Gasteiger partial charge in [0.15, 0.2) is 0 Å². The van der Waals surface area contributed by atoms with Gasteiger partial charge in [-0.25, -0.2) is 0 Å². The normalized spacial score (nSPS) is 22.0. The number of amides is 2. The number of piperidine rings is 1. The summed E-state index contributed by atoms with van der Waals surface area (Å²) in [5, 5.41) is 3.00. The van der Waals surface area contributed by atoms with Crippen LogP contribution < -0.4 is 5.32 Å². The summed E-state index contributed by atoms with van der Waals surface area (Å²) in [7, 11) is 1.79. The number of nitrogens with zero attached hydrogens (tertiary/aromatic N) is 2. The van der Waals surface area contributed by atoms with Gasteiger partial charge in [-0.2, -0.15) is 0 Å². The maximum absolute atomic E-state index is 12.3. The number of hydrogen-bond acceptors (Lipinski definition) is 3. The van der Waals surface area contributed by atoms with E-state index in [1.807, 2.05) is 6.07 Å². The molecule has 0 aromatic heterocycles. The van der Waals surface area contributed by atoms with Crippen molar-refractivity contribution in [3.8, 4) is 0 Å². The van der Waals surface area contributed by atoms with Gasteiger partial charge in [-0.05, 0) is 43.5 Å². The lowest BCUT2D eigenvalue weighted by molar-refractivity contribution is -0.139. The van der Waals surface area contributed by atoms with Crippen molar-refractivity contribution >= 4 is 11.8 Å². The molecular formula is C19H27N3O2. The van der Waals surface area contributed by atoms with Gasteiger partial charge in [0, 0.05) is 39.0 Å². The number of benzene rings is 1. The maximum atomic E-state index is 12.3. The fourth-order valence-electron chi connectivity index (χ4n) is 3.54. The Balaban J connectivity index is 1.50. The molecule has 0 saturated carbocycles. The first kappa shape index (κ1) is 17.0. The van der Waals surface area contributed by atoms with Crippen LogP contribution in [-0.4, -0.2) is 48.3 Å². The highest BCUT2D eigenvalue weighted by molar-refractivity contribution is 5.86. The Kier molecular flexibility index (Phi) is 5.51. The fraction of sp³-hybridized carbons (Fsp3) is 0.579. The van der Waals surface area contributed by atoms with Crippen molar-refractivity contribution in [2.24, 2.45) is 5.92 Å². The van der Waals surface area contributed by atoms with Crippen molar-refractivity contribution in [3.63, 3.8) is 0 Å². The highest BCUT2D eigenvalue weighted by atomic mass is 16.2. The summed E-state index contributed by atoms with van der Waals surface area (Å²) >= 11 is 0. The molecule has 3 rings (SSSR count). The van der Waals surface area contributed by atoms with Crippen LogP contribution in [0.25, 0.3) is 0 Å². The number of carbonyl (C=O) groups is 2. The third kappa shape index (κ3) is 4.35. The molecule has 2 fully saturated rings. The minimum Gasteiger partial charge on any atom is -0.352 e. The molecule has 130 valence electrons. The molecule has 2 amide bonds. The second kappa shape index (κ2) is 7.79. The monoisotopic (exact) mass is 329 g/mol. The molecule has 2 aliphatic heterocycles. The number of likely N-dealkylation sites (tertiary alicyclic amines) is 2. The minimum absolute atomic E-state index is 0.00129. The molecule has 0 unspecified atom stereocenters. The standard InChI is InChI=1S/C19H27N3O2/c1-21-10-7-17(12-18(21)23)19(24)20-13-15-5-4-6-16(11-15)14-22-8-2-3-9-22/h4-6,11,17H,2-3,7-10,12-14H2,1H3,(H,20,24)/t17-/m0/s1. The lowest BCUT2D eigenvalue weighted by Gasteiger charge is -2.27.